The van der Waals surface area contributed by atoms with E-state index in [2.05, 4.69) is 20.3 Å². The molecule has 2 aliphatic heterocycles. The van der Waals surface area contributed by atoms with Crippen LogP contribution in [0.5, 0.6) is 0 Å². The van der Waals surface area contributed by atoms with Gasteiger partial charge in [0.2, 0.25) is 0 Å². The summed E-state index contributed by atoms with van der Waals surface area (Å²) in [6.45, 7) is 3.64. The SMILES string of the molecule is CC1(C)O[C@@H]2[C@H](O1)[C@@H](CO)O[C@H]2n1cnc2c(NC(C3CCC3)C3CCC3)ncnc21. The second-order valence-electron chi connectivity index (χ2n) is 9.91. The highest BCUT2D eigenvalue weighted by Gasteiger charge is 2.56. The van der Waals surface area contributed by atoms with Crippen molar-refractivity contribution in [2.75, 3.05) is 11.9 Å². The summed E-state index contributed by atoms with van der Waals surface area (Å²) in [5.74, 6) is 1.53. The lowest BCUT2D eigenvalue weighted by Gasteiger charge is -2.43. The van der Waals surface area contributed by atoms with Crippen molar-refractivity contribution in [1.82, 2.24) is 19.5 Å². The van der Waals surface area contributed by atoms with Crippen LogP contribution in [0.2, 0.25) is 0 Å². The minimum absolute atomic E-state index is 0.129. The predicted molar refractivity (Wildman–Crippen MR) is 112 cm³/mol. The molecule has 0 radical (unpaired) electrons. The molecule has 0 aromatic carbocycles. The van der Waals surface area contributed by atoms with Gasteiger partial charge < -0.3 is 24.6 Å². The molecule has 2 saturated carbocycles. The van der Waals surface area contributed by atoms with Crippen LogP contribution in [0, 0.1) is 11.8 Å². The summed E-state index contributed by atoms with van der Waals surface area (Å²) in [5, 5.41) is 13.5. The number of fused-ring (bicyclic) bond motifs is 2. The van der Waals surface area contributed by atoms with E-state index in [1.807, 2.05) is 18.4 Å². The second kappa shape index (κ2) is 7.37. The van der Waals surface area contributed by atoms with Crippen LogP contribution in [0.15, 0.2) is 12.7 Å². The molecule has 4 atom stereocenters. The van der Waals surface area contributed by atoms with E-state index in [-0.39, 0.29) is 18.8 Å². The van der Waals surface area contributed by atoms with Gasteiger partial charge in [0, 0.05) is 6.04 Å². The highest BCUT2D eigenvalue weighted by atomic mass is 16.8. The van der Waals surface area contributed by atoms with Crippen molar-refractivity contribution in [1.29, 1.82) is 0 Å². The van der Waals surface area contributed by atoms with Gasteiger partial charge in [0.1, 0.15) is 24.6 Å². The molecule has 0 amide bonds. The van der Waals surface area contributed by atoms with E-state index in [0.29, 0.717) is 11.7 Å². The van der Waals surface area contributed by atoms with Crippen molar-refractivity contribution in [2.24, 2.45) is 11.8 Å². The molecule has 4 fully saturated rings. The summed E-state index contributed by atoms with van der Waals surface area (Å²) in [5.41, 5.74) is 1.45. The van der Waals surface area contributed by atoms with Gasteiger partial charge in [-0.25, -0.2) is 15.0 Å². The van der Waals surface area contributed by atoms with Crippen molar-refractivity contribution in [2.45, 2.75) is 88.7 Å². The van der Waals surface area contributed by atoms with Crippen LogP contribution in [-0.2, 0) is 14.2 Å². The zero-order valence-electron chi connectivity index (χ0n) is 18.1. The summed E-state index contributed by atoms with van der Waals surface area (Å²) in [6, 6.07) is 0.462. The second-order valence-corrected chi connectivity index (χ2v) is 9.91. The fourth-order valence-corrected chi connectivity index (χ4v) is 5.55. The van der Waals surface area contributed by atoms with Gasteiger partial charge >= 0.3 is 0 Å². The lowest BCUT2D eigenvalue weighted by Crippen LogP contribution is -2.42. The number of hydrogen-bond acceptors (Lipinski definition) is 8. The van der Waals surface area contributed by atoms with Crippen molar-refractivity contribution in [3.63, 3.8) is 0 Å². The van der Waals surface area contributed by atoms with Gasteiger partial charge in [-0.2, -0.15) is 0 Å². The molecule has 6 rings (SSSR count). The minimum Gasteiger partial charge on any atom is -0.394 e. The Bertz CT molecular complexity index is 943. The first-order valence-corrected chi connectivity index (χ1v) is 11.6. The van der Waals surface area contributed by atoms with E-state index in [4.69, 9.17) is 14.2 Å². The highest BCUT2D eigenvalue weighted by Crippen LogP contribution is 2.44. The van der Waals surface area contributed by atoms with Crippen molar-refractivity contribution in [3.05, 3.63) is 12.7 Å². The Balaban J connectivity index is 1.31. The zero-order chi connectivity index (χ0) is 21.2. The van der Waals surface area contributed by atoms with Crippen LogP contribution in [0.25, 0.3) is 11.2 Å². The normalized spacial score (nSPS) is 32.9. The number of rotatable bonds is 6. The topological polar surface area (TPSA) is 104 Å². The van der Waals surface area contributed by atoms with Gasteiger partial charge in [0.25, 0.3) is 0 Å². The molecule has 2 saturated heterocycles. The fourth-order valence-electron chi connectivity index (χ4n) is 5.55. The standard InChI is InChI=1S/C22H31N5O4/c1-22(2)30-17-14(9-28)29-21(18(17)31-22)27-11-25-16-19(23-10-24-20(16)27)26-15(12-5-3-6-12)13-7-4-8-13/h10-15,17-18,21,28H,3-9H2,1-2H3,(H,23,24,26)/t14-,17-,18-,21-/m1/s1. The Labute approximate surface area is 181 Å². The molecular formula is C22H31N5O4. The Kier molecular flexibility index (Phi) is 4.72. The molecule has 2 aromatic rings. The molecule has 4 aliphatic rings. The third-order valence-electron chi connectivity index (χ3n) is 7.56. The Hall–Kier alpha value is -1.81. The number of imidazole rings is 1. The quantitative estimate of drug-likeness (QED) is 0.722. The van der Waals surface area contributed by atoms with Gasteiger partial charge in [-0.05, 0) is 51.4 Å². The molecule has 0 unspecified atom stereocenters. The van der Waals surface area contributed by atoms with E-state index >= 15 is 0 Å². The van der Waals surface area contributed by atoms with Crippen LogP contribution in [0.4, 0.5) is 5.82 Å². The van der Waals surface area contributed by atoms with Crippen molar-refractivity contribution < 1.29 is 19.3 Å². The first kappa shape index (κ1) is 19.8. The number of anilines is 1. The number of aliphatic hydroxyl groups excluding tert-OH is 1. The Morgan fingerprint density at radius 3 is 2.45 bits per heavy atom. The maximum absolute atomic E-state index is 9.80. The summed E-state index contributed by atoms with van der Waals surface area (Å²) in [7, 11) is 0. The minimum atomic E-state index is -0.721. The number of nitrogens with zero attached hydrogens (tertiary/aromatic N) is 4. The van der Waals surface area contributed by atoms with Crippen LogP contribution in [0.3, 0.4) is 0 Å². The number of ether oxygens (including phenoxy) is 3. The highest BCUT2D eigenvalue weighted by molar-refractivity contribution is 5.82. The molecule has 31 heavy (non-hydrogen) atoms. The molecule has 0 spiro atoms. The number of hydrogen-bond donors (Lipinski definition) is 2. The number of aromatic nitrogens is 4. The number of aliphatic hydroxyl groups is 1. The maximum Gasteiger partial charge on any atom is 0.167 e. The zero-order valence-corrected chi connectivity index (χ0v) is 18.1. The summed E-state index contributed by atoms with van der Waals surface area (Å²) in [4.78, 5) is 13.7. The monoisotopic (exact) mass is 429 g/mol. The van der Waals surface area contributed by atoms with Gasteiger partial charge in [-0.1, -0.05) is 12.8 Å². The predicted octanol–water partition coefficient (Wildman–Crippen LogP) is 2.62. The Morgan fingerprint density at radius 2 is 1.81 bits per heavy atom. The molecule has 9 heteroatoms. The van der Waals surface area contributed by atoms with Gasteiger partial charge in [0.05, 0.1) is 12.9 Å². The first-order chi connectivity index (χ1) is 15.0. The van der Waals surface area contributed by atoms with E-state index in [1.54, 1.807) is 12.7 Å². The van der Waals surface area contributed by atoms with E-state index in [1.165, 1.54) is 38.5 Å². The summed E-state index contributed by atoms with van der Waals surface area (Å²) >= 11 is 0. The smallest absolute Gasteiger partial charge is 0.167 e. The summed E-state index contributed by atoms with van der Waals surface area (Å²) in [6.07, 6.45) is 9.59. The fraction of sp³-hybridized carbons (Fsp3) is 0.773. The molecular weight excluding hydrogens is 398 g/mol. The lowest BCUT2D eigenvalue weighted by molar-refractivity contribution is -0.199. The summed E-state index contributed by atoms with van der Waals surface area (Å²) < 4.78 is 20.1. The average Bonchev–Trinajstić information content (AvgIpc) is 3.29. The van der Waals surface area contributed by atoms with Crippen LogP contribution >= 0.6 is 0 Å². The first-order valence-electron chi connectivity index (χ1n) is 11.6. The van der Waals surface area contributed by atoms with Gasteiger partial charge in [-0.3, -0.25) is 4.57 Å². The Morgan fingerprint density at radius 1 is 1.10 bits per heavy atom. The van der Waals surface area contributed by atoms with E-state index < -0.39 is 18.1 Å². The van der Waals surface area contributed by atoms with Crippen LogP contribution < -0.4 is 5.32 Å². The number of nitrogens with one attached hydrogen (secondary N) is 1. The molecule has 168 valence electrons. The molecule has 2 aliphatic carbocycles. The molecule has 0 bridgehead atoms. The van der Waals surface area contributed by atoms with Gasteiger partial charge in [0.15, 0.2) is 29.0 Å². The molecule has 4 heterocycles. The van der Waals surface area contributed by atoms with E-state index in [0.717, 1.165) is 23.2 Å². The van der Waals surface area contributed by atoms with Crippen molar-refractivity contribution >= 4 is 17.0 Å². The molecule has 9 nitrogen and oxygen atoms in total. The van der Waals surface area contributed by atoms with Crippen molar-refractivity contribution in [3.8, 4) is 0 Å². The van der Waals surface area contributed by atoms with Crippen LogP contribution in [0.1, 0.15) is 58.6 Å². The largest absolute Gasteiger partial charge is 0.394 e. The third-order valence-corrected chi connectivity index (χ3v) is 7.56. The van der Waals surface area contributed by atoms with Crippen LogP contribution in [-0.4, -0.2) is 61.4 Å². The lowest BCUT2D eigenvalue weighted by atomic mass is 9.68. The van der Waals surface area contributed by atoms with Gasteiger partial charge in [-0.15, -0.1) is 0 Å². The van der Waals surface area contributed by atoms with E-state index in [9.17, 15) is 5.11 Å². The average molecular weight is 430 g/mol. The third kappa shape index (κ3) is 3.25. The maximum atomic E-state index is 9.80. The molecule has 2 aromatic heterocycles. The molecule has 2 N–H and O–H groups in total.